The van der Waals surface area contributed by atoms with E-state index >= 15 is 0 Å². The minimum absolute atomic E-state index is 0.0376. The van der Waals surface area contributed by atoms with Gasteiger partial charge in [-0.25, -0.2) is 9.97 Å². The number of hydrogen-bond donors (Lipinski definition) is 3. The van der Waals surface area contributed by atoms with Gasteiger partial charge in [-0.05, 0) is 52.8 Å². The second-order valence-electron chi connectivity index (χ2n) is 12.6. The SMILES string of the molecule is CCCCCOc1ccc(-c2cnc(-c3ccc(CC(NC(=O)c4ccc(C(C)(C)C)cc4)C(=O)NCCC(=O)O)cc3)nc2)cc1. The van der Waals surface area contributed by atoms with Gasteiger partial charge in [0, 0.05) is 42.0 Å². The highest BCUT2D eigenvalue weighted by Gasteiger charge is 2.23. The summed E-state index contributed by atoms with van der Waals surface area (Å²) >= 11 is 0. The zero-order valence-electron chi connectivity index (χ0n) is 27.6. The van der Waals surface area contributed by atoms with Crippen molar-refractivity contribution in [2.75, 3.05) is 13.2 Å². The number of aromatic nitrogens is 2. The number of carboxylic acid groups (broad SMARTS) is 1. The number of hydrogen-bond acceptors (Lipinski definition) is 6. The number of nitrogens with one attached hydrogen (secondary N) is 2. The summed E-state index contributed by atoms with van der Waals surface area (Å²) < 4.78 is 5.81. The number of unbranched alkanes of at least 4 members (excludes halogenated alkanes) is 2. The van der Waals surface area contributed by atoms with Gasteiger partial charge in [-0.1, -0.05) is 89.1 Å². The minimum atomic E-state index is -1.02. The Balaban J connectivity index is 1.42. The second-order valence-corrected chi connectivity index (χ2v) is 12.6. The first-order valence-corrected chi connectivity index (χ1v) is 16.1. The molecule has 4 rings (SSSR count). The summed E-state index contributed by atoms with van der Waals surface area (Å²) in [5.74, 6) is -0.452. The lowest BCUT2D eigenvalue weighted by Crippen LogP contribution is -2.48. The second kappa shape index (κ2) is 16.5. The molecule has 3 N–H and O–H groups in total. The Hall–Kier alpha value is -5.05. The van der Waals surface area contributed by atoms with E-state index in [1.54, 1.807) is 24.5 Å². The van der Waals surface area contributed by atoms with E-state index < -0.39 is 17.9 Å². The van der Waals surface area contributed by atoms with Crippen molar-refractivity contribution in [1.82, 2.24) is 20.6 Å². The molecule has 9 heteroatoms. The molecule has 4 aromatic rings. The van der Waals surface area contributed by atoms with E-state index in [9.17, 15) is 14.4 Å². The molecular formula is C38H44N4O5. The van der Waals surface area contributed by atoms with Crippen LogP contribution in [0, 0.1) is 0 Å². The van der Waals surface area contributed by atoms with Crippen molar-refractivity contribution in [2.24, 2.45) is 0 Å². The summed E-state index contributed by atoms with van der Waals surface area (Å²) in [7, 11) is 0. The quantitative estimate of drug-likeness (QED) is 0.125. The third-order valence-corrected chi connectivity index (χ3v) is 7.78. The fourth-order valence-electron chi connectivity index (χ4n) is 4.93. The predicted molar refractivity (Wildman–Crippen MR) is 183 cm³/mol. The van der Waals surface area contributed by atoms with Gasteiger partial charge in [0.05, 0.1) is 13.0 Å². The summed E-state index contributed by atoms with van der Waals surface area (Å²) in [4.78, 5) is 46.3. The summed E-state index contributed by atoms with van der Waals surface area (Å²) in [5.41, 5.74) is 4.97. The van der Waals surface area contributed by atoms with E-state index in [2.05, 4.69) is 48.3 Å². The number of carboxylic acids is 1. The van der Waals surface area contributed by atoms with E-state index in [1.165, 1.54) is 0 Å². The molecule has 47 heavy (non-hydrogen) atoms. The van der Waals surface area contributed by atoms with Crippen LogP contribution in [0.2, 0.25) is 0 Å². The van der Waals surface area contributed by atoms with E-state index in [1.807, 2.05) is 60.7 Å². The van der Waals surface area contributed by atoms with Crippen LogP contribution in [0.15, 0.2) is 85.2 Å². The van der Waals surface area contributed by atoms with Gasteiger partial charge in [-0.15, -0.1) is 0 Å². The first-order valence-electron chi connectivity index (χ1n) is 16.1. The van der Waals surface area contributed by atoms with Crippen molar-refractivity contribution < 1.29 is 24.2 Å². The van der Waals surface area contributed by atoms with Gasteiger partial charge in [-0.3, -0.25) is 14.4 Å². The standard InChI is InChI=1S/C38H44N4O5/c1-5-6-7-22-47-32-18-14-27(15-19-32)30-24-40-35(41-25-30)28-10-8-26(9-11-28)23-33(37(46)39-21-20-34(43)44)42-36(45)29-12-16-31(17-13-29)38(2,3)4/h8-19,24-25,33H,5-7,20-23H2,1-4H3,(H,39,46)(H,42,45)(H,43,44). The molecule has 3 aromatic carbocycles. The molecule has 1 atom stereocenters. The van der Waals surface area contributed by atoms with Crippen molar-refractivity contribution >= 4 is 17.8 Å². The summed E-state index contributed by atoms with van der Waals surface area (Å²) in [6.07, 6.45) is 6.93. The first-order chi connectivity index (χ1) is 22.5. The van der Waals surface area contributed by atoms with Crippen LogP contribution >= 0.6 is 0 Å². The van der Waals surface area contributed by atoms with Gasteiger partial charge < -0.3 is 20.5 Å². The molecule has 2 amide bonds. The average Bonchev–Trinajstić information content (AvgIpc) is 3.06. The van der Waals surface area contributed by atoms with Gasteiger partial charge in [0.1, 0.15) is 11.8 Å². The van der Waals surface area contributed by atoms with E-state index in [0.717, 1.165) is 52.8 Å². The Kier molecular flexibility index (Phi) is 12.2. The molecular weight excluding hydrogens is 592 g/mol. The molecule has 0 saturated heterocycles. The van der Waals surface area contributed by atoms with Gasteiger partial charge in [0.2, 0.25) is 5.91 Å². The lowest BCUT2D eigenvalue weighted by atomic mass is 9.86. The van der Waals surface area contributed by atoms with Crippen molar-refractivity contribution in [3.63, 3.8) is 0 Å². The molecule has 0 radical (unpaired) electrons. The van der Waals surface area contributed by atoms with Crippen LogP contribution in [-0.4, -0.2) is 52.1 Å². The van der Waals surface area contributed by atoms with Gasteiger partial charge in [0.15, 0.2) is 5.82 Å². The van der Waals surface area contributed by atoms with Crippen molar-refractivity contribution in [3.05, 3.63) is 102 Å². The molecule has 1 aromatic heterocycles. The molecule has 0 fully saturated rings. The van der Waals surface area contributed by atoms with Crippen LogP contribution in [0.4, 0.5) is 0 Å². The third-order valence-electron chi connectivity index (χ3n) is 7.78. The molecule has 1 unspecified atom stereocenters. The van der Waals surface area contributed by atoms with Crippen LogP contribution < -0.4 is 15.4 Å². The number of benzene rings is 3. The van der Waals surface area contributed by atoms with Crippen molar-refractivity contribution in [1.29, 1.82) is 0 Å². The van der Waals surface area contributed by atoms with Crippen LogP contribution in [0.25, 0.3) is 22.5 Å². The molecule has 246 valence electrons. The average molecular weight is 637 g/mol. The summed E-state index contributed by atoms with van der Waals surface area (Å²) in [6, 6.07) is 21.8. The number of nitrogens with zero attached hydrogens (tertiary/aromatic N) is 2. The maximum Gasteiger partial charge on any atom is 0.305 e. The highest BCUT2D eigenvalue weighted by atomic mass is 16.5. The normalized spacial score (nSPS) is 11.8. The molecule has 0 saturated carbocycles. The smallest absolute Gasteiger partial charge is 0.305 e. The van der Waals surface area contributed by atoms with Crippen LogP contribution in [0.3, 0.4) is 0 Å². The zero-order chi connectivity index (χ0) is 33.8. The van der Waals surface area contributed by atoms with E-state index in [0.29, 0.717) is 18.0 Å². The fraction of sp³-hybridized carbons (Fsp3) is 0.342. The number of amides is 2. The molecule has 0 aliphatic heterocycles. The molecule has 0 spiro atoms. The molecule has 1 heterocycles. The number of aliphatic carboxylic acids is 1. The Bertz CT molecular complexity index is 1610. The Morgan fingerprint density at radius 2 is 1.47 bits per heavy atom. The van der Waals surface area contributed by atoms with Crippen LogP contribution in [0.5, 0.6) is 5.75 Å². The largest absolute Gasteiger partial charge is 0.494 e. The summed E-state index contributed by atoms with van der Waals surface area (Å²) in [6.45, 7) is 9.13. The molecule has 9 nitrogen and oxygen atoms in total. The monoisotopic (exact) mass is 636 g/mol. The third kappa shape index (κ3) is 10.5. The predicted octanol–water partition coefficient (Wildman–Crippen LogP) is 6.61. The molecule has 0 aliphatic rings. The number of rotatable bonds is 15. The van der Waals surface area contributed by atoms with Gasteiger partial charge >= 0.3 is 5.97 Å². The molecule has 0 bridgehead atoms. The maximum absolute atomic E-state index is 13.1. The van der Waals surface area contributed by atoms with Crippen LogP contribution in [-0.2, 0) is 21.4 Å². The van der Waals surface area contributed by atoms with Crippen molar-refractivity contribution in [3.8, 4) is 28.3 Å². The Morgan fingerprint density at radius 3 is 2.06 bits per heavy atom. The highest BCUT2D eigenvalue weighted by Crippen LogP contribution is 2.24. The first kappa shape index (κ1) is 34.8. The fourth-order valence-corrected chi connectivity index (χ4v) is 4.93. The van der Waals surface area contributed by atoms with E-state index in [4.69, 9.17) is 9.84 Å². The highest BCUT2D eigenvalue weighted by molar-refractivity contribution is 5.97. The van der Waals surface area contributed by atoms with Gasteiger partial charge in [0.25, 0.3) is 5.91 Å². The lowest BCUT2D eigenvalue weighted by Gasteiger charge is -2.20. The van der Waals surface area contributed by atoms with E-state index in [-0.39, 0.29) is 30.7 Å². The van der Waals surface area contributed by atoms with Crippen molar-refractivity contribution in [2.45, 2.75) is 71.3 Å². The van der Waals surface area contributed by atoms with Gasteiger partial charge in [-0.2, -0.15) is 0 Å². The number of carbonyl (C=O) groups excluding carboxylic acids is 2. The number of ether oxygens (including phenoxy) is 1. The van der Waals surface area contributed by atoms with Crippen LogP contribution in [0.1, 0.15) is 74.9 Å². The minimum Gasteiger partial charge on any atom is -0.494 e. The zero-order valence-corrected chi connectivity index (χ0v) is 27.6. The topological polar surface area (TPSA) is 131 Å². The Labute approximate surface area is 276 Å². The number of carbonyl (C=O) groups is 3. The maximum atomic E-state index is 13.1. The Morgan fingerprint density at radius 1 is 0.830 bits per heavy atom. The summed E-state index contributed by atoms with van der Waals surface area (Å²) in [5, 5.41) is 14.4. The molecule has 0 aliphatic carbocycles. The lowest BCUT2D eigenvalue weighted by molar-refractivity contribution is -0.137.